The van der Waals surface area contributed by atoms with Crippen LogP contribution in [0, 0.1) is 0 Å². The van der Waals surface area contributed by atoms with E-state index in [1.807, 2.05) is 6.92 Å². The van der Waals surface area contributed by atoms with Crippen LogP contribution < -0.4 is 5.32 Å². The summed E-state index contributed by atoms with van der Waals surface area (Å²) in [4.78, 5) is 8.53. The molecular weight excluding hydrogens is 304 g/mol. The van der Waals surface area contributed by atoms with Gasteiger partial charge in [-0.05, 0) is 35.7 Å². The van der Waals surface area contributed by atoms with E-state index >= 15 is 0 Å². The molecule has 18 heavy (non-hydrogen) atoms. The van der Waals surface area contributed by atoms with Gasteiger partial charge in [-0.3, -0.25) is 0 Å². The Kier molecular flexibility index (Phi) is 4.14. The van der Waals surface area contributed by atoms with Gasteiger partial charge in [-0.1, -0.05) is 0 Å². The third kappa shape index (κ3) is 3.16. The molecule has 0 bridgehead atoms. The van der Waals surface area contributed by atoms with Gasteiger partial charge in [0.15, 0.2) is 0 Å². The number of nitrogens with zero attached hydrogens (tertiary/aromatic N) is 2. The van der Waals surface area contributed by atoms with Crippen molar-refractivity contribution >= 4 is 21.7 Å². The maximum Gasteiger partial charge on any atom is 0.248 e. The molecule has 0 aromatic carbocycles. The fourth-order valence-electron chi connectivity index (χ4n) is 2.26. The summed E-state index contributed by atoms with van der Waals surface area (Å²) in [6, 6.07) is 0. The fraction of sp³-hybridized carbons (Fsp3) is 0.667. The summed E-state index contributed by atoms with van der Waals surface area (Å²) in [6.07, 6.45) is 2.75. The molecule has 1 atom stereocenters. The maximum absolute atomic E-state index is 13.4. The van der Waals surface area contributed by atoms with E-state index in [0.717, 1.165) is 17.4 Å². The third-order valence-electron chi connectivity index (χ3n) is 3.11. The molecule has 6 heteroatoms. The van der Waals surface area contributed by atoms with Gasteiger partial charge in [0.05, 0.1) is 4.47 Å². The largest absolute Gasteiger partial charge is 0.369 e. The van der Waals surface area contributed by atoms with Crippen molar-refractivity contribution in [1.82, 2.24) is 9.97 Å². The summed E-state index contributed by atoms with van der Waals surface area (Å²) in [5.74, 6) is -1.61. The quantitative estimate of drug-likeness (QED) is 0.916. The molecule has 0 saturated heterocycles. The summed E-state index contributed by atoms with van der Waals surface area (Å²) in [6.45, 7) is 2.69. The molecule has 1 aromatic rings. The molecule has 2 rings (SSSR count). The van der Waals surface area contributed by atoms with Crippen LogP contribution in [-0.4, -0.2) is 22.4 Å². The lowest BCUT2D eigenvalue weighted by Gasteiger charge is -2.28. The standard InChI is InChI=1S/C12H16BrF2N3/c1-2-16-11-9(13)7-17-10(18-11)8-4-3-5-12(14,15)6-8/h7-8H,2-6H2,1H3,(H,16,17,18). The minimum Gasteiger partial charge on any atom is -0.369 e. The lowest BCUT2D eigenvalue weighted by atomic mass is 9.86. The Morgan fingerprint density at radius 1 is 1.56 bits per heavy atom. The number of hydrogen-bond acceptors (Lipinski definition) is 3. The average Bonchev–Trinajstić information content (AvgIpc) is 2.31. The Bertz CT molecular complexity index is 426. The molecule has 1 aliphatic rings. The highest BCUT2D eigenvalue weighted by atomic mass is 79.9. The second-order valence-corrected chi connectivity index (χ2v) is 5.46. The third-order valence-corrected chi connectivity index (χ3v) is 3.69. The second kappa shape index (κ2) is 5.47. The zero-order valence-electron chi connectivity index (χ0n) is 10.2. The smallest absolute Gasteiger partial charge is 0.248 e. The van der Waals surface area contributed by atoms with Gasteiger partial charge < -0.3 is 5.32 Å². The van der Waals surface area contributed by atoms with E-state index in [2.05, 4.69) is 31.2 Å². The van der Waals surface area contributed by atoms with E-state index in [1.54, 1.807) is 6.20 Å². The molecule has 0 aliphatic heterocycles. The van der Waals surface area contributed by atoms with Crippen molar-refractivity contribution in [3.8, 4) is 0 Å². The van der Waals surface area contributed by atoms with E-state index in [1.165, 1.54) is 0 Å². The molecule has 0 radical (unpaired) electrons. The molecule has 1 aliphatic carbocycles. The Morgan fingerprint density at radius 2 is 2.33 bits per heavy atom. The number of rotatable bonds is 3. The Labute approximate surface area is 114 Å². The molecule has 0 amide bonds. The van der Waals surface area contributed by atoms with Crippen LogP contribution in [0.4, 0.5) is 14.6 Å². The van der Waals surface area contributed by atoms with Crippen molar-refractivity contribution in [1.29, 1.82) is 0 Å². The number of halogens is 3. The predicted molar refractivity (Wildman–Crippen MR) is 70.1 cm³/mol. The summed E-state index contributed by atoms with van der Waals surface area (Å²) >= 11 is 3.34. The molecule has 1 saturated carbocycles. The number of aromatic nitrogens is 2. The number of hydrogen-bond donors (Lipinski definition) is 1. The van der Waals surface area contributed by atoms with Crippen molar-refractivity contribution in [2.24, 2.45) is 0 Å². The highest BCUT2D eigenvalue weighted by molar-refractivity contribution is 9.10. The zero-order valence-corrected chi connectivity index (χ0v) is 11.8. The first-order chi connectivity index (χ1) is 8.52. The van der Waals surface area contributed by atoms with E-state index in [-0.39, 0.29) is 18.8 Å². The van der Waals surface area contributed by atoms with Gasteiger partial charge in [0.1, 0.15) is 11.6 Å². The monoisotopic (exact) mass is 319 g/mol. The summed E-state index contributed by atoms with van der Waals surface area (Å²) in [7, 11) is 0. The van der Waals surface area contributed by atoms with Crippen LogP contribution in [-0.2, 0) is 0 Å². The minimum atomic E-state index is -2.57. The molecule has 100 valence electrons. The highest BCUT2D eigenvalue weighted by Crippen LogP contribution is 2.41. The molecular formula is C12H16BrF2N3. The van der Waals surface area contributed by atoms with Gasteiger partial charge >= 0.3 is 0 Å². The molecule has 0 spiro atoms. The van der Waals surface area contributed by atoms with E-state index < -0.39 is 5.92 Å². The molecule has 1 heterocycles. The normalized spacial score (nSPS) is 22.8. The van der Waals surface area contributed by atoms with Crippen molar-refractivity contribution < 1.29 is 8.78 Å². The van der Waals surface area contributed by atoms with Crippen LogP contribution in [0.25, 0.3) is 0 Å². The summed E-state index contributed by atoms with van der Waals surface area (Å²) < 4.78 is 27.5. The molecule has 1 fully saturated rings. The molecule has 3 nitrogen and oxygen atoms in total. The number of nitrogens with one attached hydrogen (secondary N) is 1. The van der Waals surface area contributed by atoms with Crippen molar-refractivity contribution in [2.45, 2.75) is 44.4 Å². The number of alkyl halides is 2. The van der Waals surface area contributed by atoms with Gasteiger partial charge in [-0.2, -0.15) is 0 Å². The van der Waals surface area contributed by atoms with Crippen molar-refractivity contribution in [3.05, 3.63) is 16.5 Å². The van der Waals surface area contributed by atoms with Gasteiger partial charge in [0.2, 0.25) is 5.92 Å². The lowest BCUT2D eigenvalue weighted by molar-refractivity contribution is -0.0417. The minimum absolute atomic E-state index is 0.0138. The van der Waals surface area contributed by atoms with E-state index in [0.29, 0.717) is 18.1 Å². The van der Waals surface area contributed by atoms with E-state index in [4.69, 9.17) is 0 Å². The lowest BCUT2D eigenvalue weighted by Crippen LogP contribution is -2.26. The van der Waals surface area contributed by atoms with Crippen molar-refractivity contribution in [3.63, 3.8) is 0 Å². The van der Waals surface area contributed by atoms with E-state index in [9.17, 15) is 8.78 Å². The molecule has 1 aromatic heterocycles. The van der Waals surface area contributed by atoms with Crippen LogP contribution in [0.15, 0.2) is 10.7 Å². The second-order valence-electron chi connectivity index (χ2n) is 4.60. The van der Waals surface area contributed by atoms with Gasteiger partial charge in [0, 0.05) is 31.5 Å². The summed E-state index contributed by atoms with van der Waals surface area (Å²) in [5, 5.41) is 3.09. The topological polar surface area (TPSA) is 37.8 Å². The highest BCUT2D eigenvalue weighted by Gasteiger charge is 2.38. The van der Waals surface area contributed by atoms with Crippen LogP contribution in [0.1, 0.15) is 44.3 Å². The average molecular weight is 320 g/mol. The first-order valence-electron chi connectivity index (χ1n) is 6.16. The maximum atomic E-state index is 13.4. The fourth-order valence-corrected chi connectivity index (χ4v) is 2.59. The molecule has 1 N–H and O–H groups in total. The van der Waals surface area contributed by atoms with Gasteiger partial charge in [0.25, 0.3) is 0 Å². The van der Waals surface area contributed by atoms with Gasteiger partial charge in [-0.25, -0.2) is 18.7 Å². The SMILES string of the molecule is CCNc1nc(C2CCCC(F)(F)C2)ncc1Br. The van der Waals surface area contributed by atoms with Crippen molar-refractivity contribution in [2.75, 3.05) is 11.9 Å². The van der Waals surface area contributed by atoms with Crippen LogP contribution in [0.5, 0.6) is 0 Å². The first kappa shape index (κ1) is 13.6. The summed E-state index contributed by atoms with van der Waals surface area (Å²) in [5.41, 5.74) is 0. The Hall–Kier alpha value is -0.780. The Morgan fingerprint density at radius 3 is 3.00 bits per heavy atom. The van der Waals surface area contributed by atoms with Crippen LogP contribution in [0.2, 0.25) is 0 Å². The first-order valence-corrected chi connectivity index (χ1v) is 6.95. The Balaban J connectivity index is 2.20. The number of anilines is 1. The zero-order chi connectivity index (χ0) is 13.2. The van der Waals surface area contributed by atoms with Gasteiger partial charge in [-0.15, -0.1) is 0 Å². The van der Waals surface area contributed by atoms with Crippen LogP contribution >= 0.6 is 15.9 Å². The molecule has 1 unspecified atom stereocenters. The predicted octanol–water partition coefficient (Wildman–Crippen LogP) is 3.96. The van der Waals surface area contributed by atoms with Crippen LogP contribution in [0.3, 0.4) is 0 Å².